The maximum atomic E-state index is 11.7. The summed E-state index contributed by atoms with van der Waals surface area (Å²) in [5, 5.41) is 17.6. The summed E-state index contributed by atoms with van der Waals surface area (Å²) in [6.45, 7) is 7.15. The molecule has 0 aliphatic rings. The highest BCUT2D eigenvalue weighted by Crippen LogP contribution is 2.33. The molecule has 0 aromatic heterocycles. The Morgan fingerprint density at radius 1 is 0.468 bits per heavy atom. The average Bonchev–Trinajstić information content (AvgIpc) is 3.07. The topological polar surface area (TPSA) is 93.1 Å². The summed E-state index contributed by atoms with van der Waals surface area (Å²) in [7, 11) is 0. The van der Waals surface area contributed by atoms with Crippen LogP contribution in [-0.2, 0) is 19.1 Å². The van der Waals surface area contributed by atoms with E-state index in [1.165, 1.54) is 141 Å². The van der Waals surface area contributed by atoms with E-state index in [4.69, 9.17) is 19.7 Å². The normalized spacial score (nSPS) is 12.7. The third kappa shape index (κ3) is 33.0. The van der Waals surface area contributed by atoms with E-state index in [0.717, 1.165) is 43.9 Å². The third-order valence-electron chi connectivity index (χ3n) is 9.71. The van der Waals surface area contributed by atoms with E-state index in [1.807, 2.05) is 0 Å². The number of unbranched alkanes of at least 4 members (excludes halogenated alkanes) is 19. The molecule has 0 aliphatic carbocycles. The van der Waals surface area contributed by atoms with Crippen LogP contribution in [0.2, 0.25) is 0 Å². The van der Waals surface area contributed by atoms with Crippen molar-refractivity contribution in [2.24, 2.45) is 11.8 Å². The van der Waals surface area contributed by atoms with Gasteiger partial charge in [0.15, 0.2) is 0 Å². The van der Waals surface area contributed by atoms with E-state index in [9.17, 15) is 9.59 Å². The highest BCUT2D eigenvalue weighted by atomic mass is 16.5. The van der Waals surface area contributed by atoms with Crippen molar-refractivity contribution in [1.29, 1.82) is 0 Å². The van der Waals surface area contributed by atoms with Crippen LogP contribution < -0.4 is 0 Å². The molecular weight excluding hydrogens is 588 g/mol. The Labute approximate surface area is 291 Å². The second-order valence-corrected chi connectivity index (χ2v) is 14.0. The summed E-state index contributed by atoms with van der Waals surface area (Å²) in [5.74, 6) is 1.52. The monoisotopic (exact) mass is 668 g/mol. The maximum absolute atomic E-state index is 11.7. The summed E-state index contributed by atoms with van der Waals surface area (Å²) in [6, 6.07) is 0. The van der Waals surface area contributed by atoms with Gasteiger partial charge >= 0.3 is 11.9 Å². The number of hydrogen-bond donors (Lipinski definition) is 2. The van der Waals surface area contributed by atoms with Gasteiger partial charge in [-0.25, -0.2) is 0 Å². The molecule has 0 spiro atoms. The summed E-state index contributed by atoms with van der Waals surface area (Å²) < 4.78 is 10.2. The molecule has 0 rings (SSSR count). The zero-order valence-electron chi connectivity index (χ0n) is 31.1. The number of carbonyl (C=O) groups excluding carboxylic acids is 2. The van der Waals surface area contributed by atoms with Gasteiger partial charge in [-0.05, 0) is 37.5 Å². The number of rotatable bonds is 38. The molecule has 0 fully saturated rings. The Morgan fingerprint density at radius 3 is 1.13 bits per heavy atom. The summed E-state index contributed by atoms with van der Waals surface area (Å²) in [5.41, 5.74) is 0. The van der Waals surface area contributed by atoms with Crippen LogP contribution >= 0.6 is 0 Å². The largest absolute Gasteiger partial charge is 0.466 e. The van der Waals surface area contributed by atoms with Gasteiger partial charge in [-0.2, -0.15) is 0 Å². The van der Waals surface area contributed by atoms with Gasteiger partial charge in [0.25, 0.3) is 0 Å². The molecule has 2 unspecified atom stereocenters. The molecule has 6 nitrogen and oxygen atoms in total. The van der Waals surface area contributed by atoms with Crippen molar-refractivity contribution >= 4 is 11.9 Å². The van der Waals surface area contributed by atoms with Gasteiger partial charge in [0.2, 0.25) is 0 Å². The number of esters is 2. The SMILES string of the molecule is [CH2+]CCCCCCCC(CCCCCCCCC(=O)OCCCO)C(CCCCC)CCCCCCCCCCC(=O)OCCCO. The van der Waals surface area contributed by atoms with Crippen LogP contribution in [0.4, 0.5) is 0 Å². The number of aliphatic hydroxyl groups excluding tert-OH is 2. The Bertz CT molecular complexity index is 654. The van der Waals surface area contributed by atoms with Gasteiger partial charge in [0, 0.05) is 38.9 Å². The molecular formula is C41H79O6+. The van der Waals surface area contributed by atoms with Crippen LogP contribution in [0.3, 0.4) is 0 Å². The second kappa shape index (κ2) is 37.5. The molecule has 0 saturated heterocycles. The molecule has 47 heavy (non-hydrogen) atoms. The standard InChI is InChI=1S/C41H79O6/c1-3-5-7-8-15-21-30-39(31-23-17-13-14-19-25-33-41(45)47-37-27-35-43)38(28-20-6-4-2)29-22-16-11-9-10-12-18-24-32-40(44)46-36-26-34-42/h38-39,42-43H,1,3-37H2,2H3/q+1. The molecule has 0 amide bonds. The molecule has 6 heteroatoms. The van der Waals surface area contributed by atoms with Crippen molar-refractivity contribution in [2.45, 2.75) is 206 Å². The summed E-state index contributed by atoms with van der Waals surface area (Å²) >= 11 is 0. The van der Waals surface area contributed by atoms with E-state index in [1.54, 1.807) is 0 Å². The molecule has 0 aromatic rings. The highest BCUT2D eigenvalue weighted by molar-refractivity contribution is 5.69. The smallest absolute Gasteiger partial charge is 0.305 e. The van der Waals surface area contributed by atoms with Crippen molar-refractivity contribution in [2.75, 3.05) is 26.4 Å². The van der Waals surface area contributed by atoms with Gasteiger partial charge in [-0.15, -0.1) is 0 Å². The fourth-order valence-electron chi connectivity index (χ4n) is 6.77. The Kier molecular flexibility index (Phi) is 36.5. The average molecular weight is 668 g/mol. The number of carbonyl (C=O) groups is 2. The predicted octanol–water partition coefficient (Wildman–Crippen LogP) is 11.2. The van der Waals surface area contributed by atoms with Crippen LogP contribution in [0, 0.1) is 18.8 Å². The molecule has 2 N–H and O–H groups in total. The fourth-order valence-corrected chi connectivity index (χ4v) is 6.77. The van der Waals surface area contributed by atoms with Crippen LogP contribution in [0.25, 0.3) is 0 Å². The molecule has 0 bridgehead atoms. The van der Waals surface area contributed by atoms with Gasteiger partial charge in [0.1, 0.15) is 0 Å². The van der Waals surface area contributed by atoms with Crippen molar-refractivity contribution in [3.63, 3.8) is 0 Å². The Hall–Kier alpha value is -1.27. The minimum Gasteiger partial charge on any atom is -0.466 e. The molecule has 0 aliphatic heterocycles. The van der Waals surface area contributed by atoms with E-state index < -0.39 is 0 Å². The molecule has 2 atom stereocenters. The molecule has 0 radical (unpaired) electrons. The van der Waals surface area contributed by atoms with Crippen molar-refractivity contribution < 1.29 is 29.3 Å². The zero-order valence-corrected chi connectivity index (χ0v) is 31.1. The quantitative estimate of drug-likeness (QED) is 0.0387. The van der Waals surface area contributed by atoms with Gasteiger partial charge in [-0.3, -0.25) is 9.59 Å². The fraction of sp³-hybridized carbons (Fsp3) is 0.927. The maximum Gasteiger partial charge on any atom is 0.305 e. The van der Waals surface area contributed by atoms with Crippen LogP contribution in [-0.4, -0.2) is 48.6 Å². The number of ether oxygens (including phenoxy) is 2. The molecule has 0 saturated carbocycles. The highest BCUT2D eigenvalue weighted by Gasteiger charge is 2.20. The van der Waals surface area contributed by atoms with Crippen molar-refractivity contribution in [1.82, 2.24) is 0 Å². The Morgan fingerprint density at radius 2 is 0.787 bits per heavy atom. The van der Waals surface area contributed by atoms with E-state index in [-0.39, 0.29) is 25.2 Å². The number of aliphatic hydroxyl groups is 2. The lowest BCUT2D eigenvalue weighted by molar-refractivity contribution is -0.145. The first kappa shape index (κ1) is 45.7. The lowest BCUT2D eigenvalue weighted by atomic mass is 9.78. The second-order valence-electron chi connectivity index (χ2n) is 14.0. The van der Waals surface area contributed by atoms with E-state index in [2.05, 4.69) is 13.8 Å². The lowest BCUT2D eigenvalue weighted by Gasteiger charge is -2.28. The van der Waals surface area contributed by atoms with Gasteiger partial charge < -0.3 is 19.7 Å². The van der Waals surface area contributed by atoms with Crippen LogP contribution in [0.15, 0.2) is 0 Å². The first-order valence-electron chi connectivity index (χ1n) is 20.4. The number of hydrogen-bond acceptors (Lipinski definition) is 6. The molecule has 0 aromatic carbocycles. The minimum atomic E-state index is -0.123. The molecule has 278 valence electrons. The third-order valence-corrected chi connectivity index (χ3v) is 9.71. The predicted molar refractivity (Wildman–Crippen MR) is 197 cm³/mol. The van der Waals surface area contributed by atoms with Crippen molar-refractivity contribution in [3.8, 4) is 0 Å². The van der Waals surface area contributed by atoms with E-state index in [0.29, 0.717) is 38.9 Å². The minimum absolute atomic E-state index is 0.0726. The van der Waals surface area contributed by atoms with Gasteiger partial charge in [-0.1, -0.05) is 148 Å². The zero-order chi connectivity index (χ0) is 34.5. The summed E-state index contributed by atoms with van der Waals surface area (Å²) in [4.78, 5) is 23.4. The van der Waals surface area contributed by atoms with Crippen molar-refractivity contribution in [3.05, 3.63) is 6.92 Å². The molecule has 0 heterocycles. The van der Waals surface area contributed by atoms with E-state index >= 15 is 0 Å². The summed E-state index contributed by atoms with van der Waals surface area (Å²) in [6.07, 6.45) is 36.6. The first-order chi connectivity index (χ1) is 23.1. The lowest BCUT2D eigenvalue weighted by Crippen LogP contribution is -2.16. The first-order valence-corrected chi connectivity index (χ1v) is 20.4. The van der Waals surface area contributed by atoms with Gasteiger partial charge in [0.05, 0.1) is 26.6 Å². The van der Waals surface area contributed by atoms with Crippen LogP contribution in [0.5, 0.6) is 0 Å². The van der Waals surface area contributed by atoms with Crippen LogP contribution in [0.1, 0.15) is 206 Å². The Balaban J connectivity index is 4.46.